The first kappa shape index (κ1) is 21.2. The topological polar surface area (TPSA) is 58.1 Å². The van der Waals surface area contributed by atoms with Crippen LogP contribution in [0, 0.1) is 13.8 Å². The van der Waals surface area contributed by atoms with Crippen LogP contribution in [0.3, 0.4) is 0 Å². The minimum absolute atomic E-state index is 0.123. The number of rotatable bonds is 9. The summed E-state index contributed by atoms with van der Waals surface area (Å²) in [5, 5.41) is 3.86. The van der Waals surface area contributed by atoms with Crippen LogP contribution in [0.5, 0.6) is 0 Å². The van der Waals surface area contributed by atoms with Gasteiger partial charge in [-0.2, -0.15) is 0 Å². The van der Waals surface area contributed by atoms with Crippen molar-refractivity contribution in [1.82, 2.24) is 20.2 Å². The molecular formula is C20H34N4OS. The predicted octanol–water partition coefficient (Wildman–Crippen LogP) is 3.52. The Morgan fingerprint density at radius 2 is 1.85 bits per heavy atom. The van der Waals surface area contributed by atoms with Crippen LogP contribution >= 0.6 is 11.8 Å². The lowest BCUT2D eigenvalue weighted by molar-refractivity contribution is -0.121. The molecule has 0 radical (unpaired) electrons. The van der Waals surface area contributed by atoms with Crippen LogP contribution in [0.2, 0.25) is 0 Å². The fourth-order valence-corrected chi connectivity index (χ4v) is 4.21. The molecule has 1 heterocycles. The SMILES string of the molecule is CSc1nc(C)c(CCC(=O)NCCCN(C)C2CCCCC2)c(C)n1. The van der Waals surface area contributed by atoms with Gasteiger partial charge in [0, 0.05) is 30.4 Å². The van der Waals surface area contributed by atoms with Crippen molar-refractivity contribution in [3.63, 3.8) is 0 Å². The Labute approximate surface area is 162 Å². The third-order valence-corrected chi connectivity index (χ3v) is 5.94. The van der Waals surface area contributed by atoms with Crippen LogP contribution in [0.15, 0.2) is 5.16 Å². The first-order valence-corrected chi connectivity index (χ1v) is 11.1. The number of nitrogens with one attached hydrogen (secondary N) is 1. The van der Waals surface area contributed by atoms with E-state index in [0.717, 1.165) is 47.7 Å². The molecule has 0 atom stereocenters. The lowest BCUT2D eigenvalue weighted by Gasteiger charge is -2.31. The van der Waals surface area contributed by atoms with Crippen LogP contribution in [-0.2, 0) is 11.2 Å². The largest absolute Gasteiger partial charge is 0.356 e. The average Bonchev–Trinajstić information content (AvgIpc) is 2.64. The highest BCUT2D eigenvalue weighted by molar-refractivity contribution is 7.98. The maximum atomic E-state index is 12.1. The highest BCUT2D eigenvalue weighted by atomic mass is 32.2. The zero-order chi connectivity index (χ0) is 18.9. The van der Waals surface area contributed by atoms with Crippen LogP contribution in [-0.4, -0.2) is 53.2 Å². The van der Waals surface area contributed by atoms with Gasteiger partial charge in [-0.3, -0.25) is 4.79 Å². The second kappa shape index (κ2) is 10.9. The maximum Gasteiger partial charge on any atom is 0.220 e. The van der Waals surface area contributed by atoms with E-state index < -0.39 is 0 Å². The Morgan fingerprint density at radius 3 is 2.46 bits per heavy atom. The number of carbonyl (C=O) groups excluding carboxylic acids is 1. The van der Waals surface area contributed by atoms with Crippen molar-refractivity contribution < 1.29 is 4.79 Å². The van der Waals surface area contributed by atoms with Crippen molar-refractivity contribution in [2.75, 3.05) is 26.4 Å². The third kappa shape index (κ3) is 6.54. The fraction of sp³-hybridized carbons (Fsp3) is 0.750. The number of aryl methyl sites for hydroxylation is 2. The molecular weight excluding hydrogens is 344 g/mol. The first-order chi connectivity index (χ1) is 12.5. The van der Waals surface area contributed by atoms with Crippen molar-refractivity contribution in [2.45, 2.75) is 76.4 Å². The highest BCUT2D eigenvalue weighted by Crippen LogP contribution is 2.21. The first-order valence-electron chi connectivity index (χ1n) is 9.86. The number of thioether (sulfide) groups is 1. The number of hydrogen-bond acceptors (Lipinski definition) is 5. The van der Waals surface area contributed by atoms with Crippen LogP contribution in [0.1, 0.15) is 61.9 Å². The van der Waals surface area contributed by atoms with E-state index in [1.165, 1.54) is 32.1 Å². The molecule has 146 valence electrons. The Bertz CT molecular complexity index is 564. The molecule has 1 fully saturated rings. The minimum Gasteiger partial charge on any atom is -0.356 e. The number of aromatic nitrogens is 2. The van der Waals surface area contributed by atoms with Gasteiger partial charge in [-0.05, 0) is 64.9 Å². The second-order valence-electron chi connectivity index (χ2n) is 7.34. The van der Waals surface area contributed by atoms with Gasteiger partial charge in [0.2, 0.25) is 5.91 Å². The Hall–Kier alpha value is -1.14. The van der Waals surface area contributed by atoms with Gasteiger partial charge in [0.05, 0.1) is 0 Å². The monoisotopic (exact) mass is 378 g/mol. The summed E-state index contributed by atoms with van der Waals surface area (Å²) in [6.07, 6.45) is 11.0. The summed E-state index contributed by atoms with van der Waals surface area (Å²) < 4.78 is 0. The van der Waals surface area contributed by atoms with Crippen molar-refractivity contribution in [3.05, 3.63) is 17.0 Å². The van der Waals surface area contributed by atoms with Gasteiger partial charge in [0.25, 0.3) is 0 Å². The molecule has 0 aliphatic heterocycles. The molecule has 0 aromatic carbocycles. The van der Waals surface area contributed by atoms with Gasteiger partial charge in [-0.1, -0.05) is 31.0 Å². The molecule has 1 saturated carbocycles. The van der Waals surface area contributed by atoms with Crippen LogP contribution < -0.4 is 5.32 Å². The van der Waals surface area contributed by atoms with E-state index in [2.05, 4.69) is 27.2 Å². The van der Waals surface area contributed by atoms with Crippen molar-refractivity contribution in [3.8, 4) is 0 Å². The van der Waals surface area contributed by atoms with E-state index in [1.807, 2.05) is 20.1 Å². The van der Waals surface area contributed by atoms with E-state index in [-0.39, 0.29) is 5.91 Å². The summed E-state index contributed by atoms with van der Waals surface area (Å²) in [7, 11) is 2.22. The average molecular weight is 379 g/mol. The summed E-state index contributed by atoms with van der Waals surface area (Å²) in [5.41, 5.74) is 3.09. The van der Waals surface area contributed by atoms with Crippen molar-refractivity contribution in [2.24, 2.45) is 0 Å². The molecule has 0 bridgehead atoms. The molecule has 0 spiro atoms. The Balaban J connectivity index is 1.66. The quantitative estimate of drug-likeness (QED) is 0.405. The normalized spacial score (nSPS) is 15.4. The van der Waals surface area contributed by atoms with Gasteiger partial charge in [-0.25, -0.2) is 9.97 Å². The molecule has 1 N–H and O–H groups in total. The number of nitrogens with zero attached hydrogens (tertiary/aromatic N) is 3. The molecule has 1 aliphatic carbocycles. The summed E-state index contributed by atoms with van der Waals surface area (Å²) in [4.78, 5) is 23.6. The molecule has 6 heteroatoms. The summed E-state index contributed by atoms with van der Waals surface area (Å²) >= 11 is 1.55. The zero-order valence-electron chi connectivity index (χ0n) is 16.8. The predicted molar refractivity (Wildman–Crippen MR) is 109 cm³/mol. The molecule has 1 aromatic heterocycles. The molecule has 5 nitrogen and oxygen atoms in total. The van der Waals surface area contributed by atoms with Crippen LogP contribution in [0.25, 0.3) is 0 Å². The van der Waals surface area contributed by atoms with Gasteiger partial charge < -0.3 is 10.2 Å². The molecule has 1 aromatic rings. The van der Waals surface area contributed by atoms with Crippen LogP contribution in [0.4, 0.5) is 0 Å². The van der Waals surface area contributed by atoms with E-state index in [4.69, 9.17) is 0 Å². The highest BCUT2D eigenvalue weighted by Gasteiger charge is 2.17. The Morgan fingerprint density at radius 1 is 1.19 bits per heavy atom. The van der Waals surface area contributed by atoms with Gasteiger partial charge >= 0.3 is 0 Å². The number of carbonyl (C=O) groups is 1. The summed E-state index contributed by atoms with van der Waals surface area (Å²) in [6, 6.07) is 0.745. The van der Waals surface area contributed by atoms with Crippen molar-refractivity contribution >= 4 is 17.7 Å². The van der Waals surface area contributed by atoms with E-state index >= 15 is 0 Å². The summed E-state index contributed by atoms with van der Waals surface area (Å²) in [6.45, 7) is 5.83. The molecule has 2 rings (SSSR count). The Kier molecular flexibility index (Phi) is 8.85. The molecule has 0 unspecified atom stereocenters. The number of hydrogen-bond donors (Lipinski definition) is 1. The minimum atomic E-state index is 0.123. The van der Waals surface area contributed by atoms with E-state index in [0.29, 0.717) is 12.8 Å². The number of amides is 1. The summed E-state index contributed by atoms with van der Waals surface area (Å²) in [5.74, 6) is 0.123. The fourth-order valence-electron chi connectivity index (χ4n) is 3.75. The standard InChI is InChI=1S/C20H34N4OS/c1-15-18(16(2)23-20(22-15)26-4)11-12-19(25)21-13-8-14-24(3)17-9-6-5-7-10-17/h17H,5-14H2,1-4H3,(H,21,25). The van der Waals surface area contributed by atoms with E-state index in [1.54, 1.807) is 11.8 Å². The smallest absolute Gasteiger partial charge is 0.220 e. The van der Waals surface area contributed by atoms with Gasteiger partial charge in [-0.15, -0.1) is 0 Å². The second-order valence-corrected chi connectivity index (χ2v) is 8.11. The van der Waals surface area contributed by atoms with Crippen molar-refractivity contribution in [1.29, 1.82) is 0 Å². The molecule has 1 aliphatic rings. The lowest BCUT2D eigenvalue weighted by atomic mass is 9.94. The maximum absolute atomic E-state index is 12.1. The third-order valence-electron chi connectivity index (χ3n) is 5.39. The zero-order valence-corrected chi connectivity index (χ0v) is 17.6. The van der Waals surface area contributed by atoms with E-state index in [9.17, 15) is 4.79 Å². The molecule has 0 saturated heterocycles. The van der Waals surface area contributed by atoms with Gasteiger partial charge in [0.1, 0.15) is 0 Å². The molecule has 1 amide bonds. The van der Waals surface area contributed by atoms with Gasteiger partial charge in [0.15, 0.2) is 5.16 Å². The molecule has 26 heavy (non-hydrogen) atoms. The lowest BCUT2D eigenvalue weighted by Crippen LogP contribution is -2.35.